The Morgan fingerprint density at radius 3 is 2.37 bits per heavy atom. The van der Waals surface area contributed by atoms with Gasteiger partial charge in [0.05, 0.1) is 20.0 Å². The van der Waals surface area contributed by atoms with Crippen LogP contribution < -0.4 is 9.47 Å². The number of ether oxygens (including phenoxy) is 2. The molecule has 1 aromatic carbocycles. The first-order valence-corrected chi connectivity index (χ1v) is 9.55. The van der Waals surface area contributed by atoms with Gasteiger partial charge in [0.2, 0.25) is 8.32 Å². The molecule has 0 saturated heterocycles. The SMILES string of the molecule is C=C(C=Cc1cccc(OC)c1OC)O[Si](C)(C)C. The Bertz CT molecular complexity index is 473. The minimum atomic E-state index is -1.60. The summed E-state index contributed by atoms with van der Waals surface area (Å²) < 4.78 is 16.4. The Balaban J connectivity index is 2.90. The van der Waals surface area contributed by atoms with Crippen molar-refractivity contribution < 1.29 is 13.9 Å². The molecule has 0 amide bonds. The summed E-state index contributed by atoms with van der Waals surface area (Å²) >= 11 is 0. The molecule has 0 bridgehead atoms. The first-order chi connectivity index (χ1) is 8.87. The largest absolute Gasteiger partial charge is 0.545 e. The maximum Gasteiger partial charge on any atom is 0.242 e. The molecular formula is C15H22O3Si. The standard InChI is InChI=1S/C15H22O3Si/c1-12(18-19(4,5)6)10-11-13-8-7-9-14(16-2)15(13)17-3/h7-11H,1H2,2-6H3. The summed E-state index contributed by atoms with van der Waals surface area (Å²) in [7, 11) is 1.65. The highest BCUT2D eigenvalue weighted by Gasteiger charge is 2.15. The number of rotatable bonds is 6. The summed E-state index contributed by atoms with van der Waals surface area (Å²) in [5, 5.41) is 0. The quantitative estimate of drug-likeness (QED) is 0.446. The number of hydrogen-bond acceptors (Lipinski definition) is 3. The molecule has 0 atom stereocenters. The lowest BCUT2D eigenvalue weighted by Gasteiger charge is -2.19. The van der Waals surface area contributed by atoms with E-state index >= 15 is 0 Å². The fourth-order valence-corrected chi connectivity index (χ4v) is 2.51. The first-order valence-electron chi connectivity index (χ1n) is 6.14. The van der Waals surface area contributed by atoms with Gasteiger partial charge in [-0.15, -0.1) is 0 Å². The molecule has 0 aliphatic heterocycles. The Kier molecular flexibility index (Phi) is 5.24. The molecule has 1 aromatic rings. The number of methoxy groups -OCH3 is 2. The van der Waals surface area contributed by atoms with E-state index in [2.05, 4.69) is 26.2 Å². The Hall–Kier alpha value is -1.68. The maximum atomic E-state index is 5.78. The molecule has 1 rings (SSSR count). The average molecular weight is 278 g/mol. The van der Waals surface area contributed by atoms with Gasteiger partial charge in [-0.3, -0.25) is 0 Å². The van der Waals surface area contributed by atoms with Gasteiger partial charge in [0.25, 0.3) is 0 Å². The third kappa shape index (κ3) is 4.83. The molecule has 0 aromatic heterocycles. The highest BCUT2D eigenvalue weighted by atomic mass is 28.4. The van der Waals surface area contributed by atoms with Crippen LogP contribution in [0.1, 0.15) is 5.56 Å². The molecule has 19 heavy (non-hydrogen) atoms. The van der Waals surface area contributed by atoms with Crippen LogP contribution in [-0.2, 0) is 4.43 Å². The third-order valence-electron chi connectivity index (χ3n) is 2.32. The second kappa shape index (κ2) is 6.47. The summed E-state index contributed by atoms with van der Waals surface area (Å²) in [5.74, 6) is 2.09. The third-order valence-corrected chi connectivity index (χ3v) is 3.19. The summed E-state index contributed by atoms with van der Waals surface area (Å²) in [6.45, 7) is 10.3. The van der Waals surface area contributed by atoms with E-state index < -0.39 is 8.32 Å². The normalized spacial score (nSPS) is 11.4. The molecule has 0 heterocycles. The lowest BCUT2D eigenvalue weighted by Crippen LogP contribution is -2.23. The zero-order chi connectivity index (χ0) is 14.5. The predicted octanol–water partition coefficient (Wildman–Crippen LogP) is 4.08. The van der Waals surface area contributed by atoms with Gasteiger partial charge in [0.1, 0.15) is 0 Å². The summed E-state index contributed by atoms with van der Waals surface area (Å²) in [4.78, 5) is 0. The number of benzene rings is 1. The number of para-hydroxylation sites is 1. The molecule has 0 aliphatic rings. The van der Waals surface area contributed by atoms with Gasteiger partial charge in [0, 0.05) is 5.56 Å². The van der Waals surface area contributed by atoms with Crippen LogP contribution in [0.5, 0.6) is 11.5 Å². The monoisotopic (exact) mass is 278 g/mol. The molecule has 3 nitrogen and oxygen atoms in total. The van der Waals surface area contributed by atoms with E-state index in [1.54, 1.807) is 14.2 Å². The Labute approximate surface area is 116 Å². The van der Waals surface area contributed by atoms with Gasteiger partial charge in [-0.1, -0.05) is 18.7 Å². The van der Waals surface area contributed by atoms with Gasteiger partial charge in [-0.2, -0.15) is 0 Å². The molecule has 104 valence electrons. The zero-order valence-electron chi connectivity index (χ0n) is 12.3. The summed E-state index contributed by atoms with van der Waals surface area (Å²) in [5.41, 5.74) is 0.933. The van der Waals surface area contributed by atoms with Crippen LogP contribution in [0.25, 0.3) is 6.08 Å². The molecule has 0 unspecified atom stereocenters. The number of allylic oxidation sites excluding steroid dienone is 1. The van der Waals surface area contributed by atoms with Crippen LogP contribution in [0, 0.1) is 0 Å². The molecule has 4 heteroatoms. The lowest BCUT2D eigenvalue weighted by molar-refractivity contribution is 0.354. The van der Waals surface area contributed by atoms with Gasteiger partial charge in [-0.25, -0.2) is 0 Å². The van der Waals surface area contributed by atoms with Crippen molar-refractivity contribution in [1.82, 2.24) is 0 Å². The van der Waals surface area contributed by atoms with Crippen LogP contribution in [0.2, 0.25) is 19.6 Å². The van der Waals surface area contributed by atoms with E-state index in [1.165, 1.54) is 0 Å². The molecule has 0 radical (unpaired) electrons. The lowest BCUT2D eigenvalue weighted by atomic mass is 10.1. The molecule has 0 fully saturated rings. The molecular weight excluding hydrogens is 256 g/mol. The van der Waals surface area contributed by atoms with Crippen LogP contribution in [0.4, 0.5) is 0 Å². The van der Waals surface area contributed by atoms with Crippen molar-refractivity contribution in [2.75, 3.05) is 14.2 Å². The predicted molar refractivity (Wildman–Crippen MR) is 82.2 cm³/mol. The van der Waals surface area contributed by atoms with Crippen LogP contribution in [-0.4, -0.2) is 22.5 Å². The van der Waals surface area contributed by atoms with E-state index in [4.69, 9.17) is 13.9 Å². The van der Waals surface area contributed by atoms with Gasteiger partial charge in [-0.05, 0) is 37.9 Å². The highest BCUT2D eigenvalue weighted by molar-refractivity contribution is 6.70. The van der Waals surface area contributed by atoms with Crippen molar-refractivity contribution in [3.8, 4) is 11.5 Å². The fraction of sp³-hybridized carbons (Fsp3) is 0.333. The van der Waals surface area contributed by atoms with Crippen molar-refractivity contribution >= 4 is 14.4 Å². The van der Waals surface area contributed by atoms with Crippen molar-refractivity contribution in [1.29, 1.82) is 0 Å². The second-order valence-corrected chi connectivity index (χ2v) is 9.53. The highest BCUT2D eigenvalue weighted by Crippen LogP contribution is 2.31. The molecule has 0 aliphatic carbocycles. The summed E-state index contributed by atoms with van der Waals surface area (Å²) in [6, 6.07) is 5.74. The van der Waals surface area contributed by atoms with E-state index in [0.717, 1.165) is 5.56 Å². The first kappa shape index (κ1) is 15.4. The van der Waals surface area contributed by atoms with Gasteiger partial charge in [0.15, 0.2) is 11.5 Å². The van der Waals surface area contributed by atoms with Gasteiger partial charge >= 0.3 is 0 Å². The van der Waals surface area contributed by atoms with E-state index in [9.17, 15) is 0 Å². The van der Waals surface area contributed by atoms with Crippen LogP contribution in [0.15, 0.2) is 36.6 Å². The van der Waals surface area contributed by atoms with Crippen LogP contribution >= 0.6 is 0 Å². The second-order valence-electron chi connectivity index (χ2n) is 5.10. The Morgan fingerprint density at radius 2 is 1.84 bits per heavy atom. The summed E-state index contributed by atoms with van der Waals surface area (Å²) in [6.07, 6.45) is 3.78. The van der Waals surface area contributed by atoms with E-state index in [0.29, 0.717) is 17.3 Å². The van der Waals surface area contributed by atoms with Crippen molar-refractivity contribution in [2.45, 2.75) is 19.6 Å². The topological polar surface area (TPSA) is 27.7 Å². The van der Waals surface area contributed by atoms with Crippen molar-refractivity contribution in [3.05, 3.63) is 42.2 Å². The minimum Gasteiger partial charge on any atom is -0.545 e. The minimum absolute atomic E-state index is 0.670. The average Bonchev–Trinajstić information content (AvgIpc) is 2.33. The van der Waals surface area contributed by atoms with Crippen molar-refractivity contribution in [3.63, 3.8) is 0 Å². The maximum absolute atomic E-state index is 5.78. The smallest absolute Gasteiger partial charge is 0.242 e. The van der Waals surface area contributed by atoms with Gasteiger partial charge < -0.3 is 13.9 Å². The Morgan fingerprint density at radius 1 is 1.16 bits per heavy atom. The number of hydrogen-bond donors (Lipinski definition) is 0. The molecule has 0 N–H and O–H groups in total. The van der Waals surface area contributed by atoms with E-state index in [1.807, 2.05) is 30.4 Å². The van der Waals surface area contributed by atoms with E-state index in [-0.39, 0.29) is 0 Å². The molecule has 0 saturated carbocycles. The van der Waals surface area contributed by atoms with Crippen LogP contribution in [0.3, 0.4) is 0 Å². The fourth-order valence-electron chi connectivity index (χ4n) is 1.65. The zero-order valence-corrected chi connectivity index (χ0v) is 13.3. The molecule has 0 spiro atoms. The van der Waals surface area contributed by atoms with Crippen molar-refractivity contribution in [2.24, 2.45) is 0 Å².